The average molecular weight is 490 g/mol. The number of fused-ring (bicyclic) bond motifs is 3. The van der Waals surface area contributed by atoms with E-state index in [1.807, 2.05) is 36.1 Å². The fourth-order valence-corrected chi connectivity index (χ4v) is 5.96. The standard InChI is InChI=1S/C26H31N7O3/c1-15-11-22(32-31-15)29-21-14-20-19(7-4-10-27-20)23(30-21)28-16-12-17-5-3-6-18(13-16)33(17)24(34)26(8-9-26)25(35)36-2/h4,7,10-11,14,16-18H,3,5-6,8-9,12-13H2,1-2H3,(H3,28,29,30,31,32)/t16?,17-,18+. The molecule has 188 valence electrons. The van der Waals surface area contributed by atoms with E-state index >= 15 is 0 Å². The van der Waals surface area contributed by atoms with E-state index in [4.69, 9.17) is 9.72 Å². The lowest BCUT2D eigenvalue weighted by molar-refractivity contribution is -0.160. The lowest BCUT2D eigenvalue weighted by Crippen LogP contribution is -2.59. The highest BCUT2D eigenvalue weighted by molar-refractivity contribution is 6.06. The molecule has 36 heavy (non-hydrogen) atoms. The van der Waals surface area contributed by atoms with E-state index in [1.54, 1.807) is 6.20 Å². The number of aromatic amines is 1. The molecule has 3 aromatic rings. The number of carbonyl (C=O) groups excluding carboxylic acids is 2. The molecule has 2 saturated heterocycles. The monoisotopic (exact) mass is 489 g/mol. The van der Waals surface area contributed by atoms with Crippen LogP contribution in [0.5, 0.6) is 0 Å². The molecule has 1 aliphatic carbocycles. The number of piperidine rings is 2. The number of H-pyrrole nitrogens is 1. The number of pyridine rings is 2. The topological polar surface area (TPSA) is 125 Å². The van der Waals surface area contributed by atoms with E-state index in [0.29, 0.717) is 24.5 Å². The van der Waals surface area contributed by atoms with Crippen LogP contribution in [0, 0.1) is 12.3 Å². The Morgan fingerprint density at radius 2 is 1.94 bits per heavy atom. The maximum Gasteiger partial charge on any atom is 0.321 e. The summed E-state index contributed by atoms with van der Waals surface area (Å²) in [4.78, 5) is 37.4. The number of hydrogen-bond acceptors (Lipinski definition) is 8. The van der Waals surface area contributed by atoms with Gasteiger partial charge >= 0.3 is 5.97 Å². The molecule has 1 unspecified atom stereocenters. The summed E-state index contributed by atoms with van der Waals surface area (Å²) >= 11 is 0. The number of ether oxygens (including phenoxy) is 1. The van der Waals surface area contributed by atoms with Gasteiger partial charge in [-0.15, -0.1) is 0 Å². The van der Waals surface area contributed by atoms with E-state index in [0.717, 1.165) is 54.5 Å². The molecule has 1 saturated carbocycles. The van der Waals surface area contributed by atoms with Crippen molar-refractivity contribution in [2.24, 2.45) is 5.41 Å². The Morgan fingerprint density at radius 1 is 1.17 bits per heavy atom. The van der Waals surface area contributed by atoms with E-state index in [1.165, 1.54) is 7.11 Å². The quantitative estimate of drug-likeness (QED) is 0.354. The summed E-state index contributed by atoms with van der Waals surface area (Å²) in [6.07, 6.45) is 7.60. The number of aryl methyl sites for hydroxylation is 1. The first-order chi connectivity index (χ1) is 17.5. The first kappa shape index (κ1) is 22.8. The summed E-state index contributed by atoms with van der Waals surface area (Å²) in [6.45, 7) is 1.95. The number of nitrogens with one attached hydrogen (secondary N) is 3. The van der Waals surface area contributed by atoms with Crippen molar-refractivity contribution in [2.45, 2.75) is 70.0 Å². The molecule has 3 aromatic heterocycles. The van der Waals surface area contributed by atoms with Crippen molar-refractivity contribution in [3.05, 3.63) is 36.2 Å². The molecule has 3 fully saturated rings. The van der Waals surface area contributed by atoms with Crippen LogP contribution in [0.1, 0.15) is 50.6 Å². The van der Waals surface area contributed by atoms with Gasteiger partial charge in [-0.2, -0.15) is 5.10 Å². The van der Waals surface area contributed by atoms with Crippen molar-refractivity contribution in [3.63, 3.8) is 0 Å². The minimum Gasteiger partial charge on any atom is -0.468 e. The van der Waals surface area contributed by atoms with E-state index < -0.39 is 5.41 Å². The third kappa shape index (κ3) is 3.94. The summed E-state index contributed by atoms with van der Waals surface area (Å²) < 4.78 is 4.98. The smallest absolute Gasteiger partial charge is 0.321 e. The zero-order valence-corrected chi connectivity index (χ0v) is 20.6. The first-order valence-electron chi connectivity index (χ1n) is 12.7. The van der Waals surface area contributed by atoms with Crippen LogP contribution >= 0.6 is 0 Å². The van der Waals surface area contributed by atoms with Crippen LogP contribution in [0.15, 0.2) is 30.5 Å². The van der Waals surface area contributed by atoms with Crippen molar-refractivity contribution < 1.29 is 14.3 Å². The molecule has 2 aliphatic heterocycles. The number of anilines is 3. The molecule has 10 nitrogen and oxygen atoms in total. The fourth-order valence-electron chi connectivity index (χ4n) is 5.96. The van der Waals surface area contributed by atoms with Gasteiger partial charge in [-0.1, -0.05) is 0 Å². The van der Waals surface area contributed by atoms with Crippen LogP contribution in [0.3, 0.4) is 0 Å². The zero-order valence-electron chi connectivity index (χ0n) is 20.6. The molecule has 10 heteroatoms. The van der Waals surface area contributed by atoms with Gasteiger partial charge in [-0.3, -0.25) is 19.7 Å². The maximum absolute atomic E-state index is 13.5. The molecule has 0 aromatic carbocycles. The predicted molar refractivity (Wildman–Crippen MR) is 135 cm³/mol. The van der Waals surface area contributed by atoms with Crippen molar-refractivity contribution in [3.8, 4) is 0 Å². The third-order valence-corrected chi connectivity index (χ3v) is 7.85. The molecule has 3 atom stereocenters. The fraction of sp³-hybridized carbons (Fsp3) is 0.500. The first-order valence-corrected chi connectivity index (χ1v) is 12.7. The van der Waals surface area contributed by atoms with Crippen molar-refractivity contribution in [1.82, 2.24) is 25.1 Å². The summed E-state index contributed by atoms with van der Waals surface area (Å²) in [5, 5.41) is 15.1. The van der Waals surface area contributed by atoms with Gasteiger partial charge in [0.15, 0.2) is 5.82 Å². The Morgan fingerprint density at radius 3 is 2.61 bits per heavy atom. The van der Waals surface area contributed by atoms with Gasteiger partial charge in [0.05, 0.1) is 12.6 Å². The molecule has 3 aliphatic rings. The van der Waals surface area contributed by atoms with Crippen LogP contribution in [0.2, 0.25) is 0 Å². The lowest BCUT2D eigenvalue weighted by atomic mass is 9.80. The number of methoxy groups -OCH3 is 1. The molecule has 0 radical (unpaired) electrons. The normalized spacial score (nSPS) is 24.3. The number of aromatic nitrogens is 4. The Bertz CT molecular complexity index is 1300. The largest absolute Gasteiger partial charge is 0.468 e. The number of esters is 1. The summed E-state index contributed by atoms with van der Waals surface area (Å²) in [5.41, 5.74) is 0.853. The number of carbonyl (C=O) groups is 2. The van der Waals surface area contributed by atoms with Gasteiger partial charge in [0.1, 0.15) is 17.1 Å². The highest BCUT2D eigenvalue weighted by Crippen LogP contribution is 2.51. The summed E-state index contributed by atoms with van der Waals surface area (Å²) in [7, 11) is 1.37. The van der Waals surface area contributed by atoms with Gasteiger partial charge in [-0.25, -0.2) is 4.98 Å². The van der Waals surface area contributed by atoms with Crippen molar-refractivity contribution >= 4 is 40.2 Å². The minimum absolute atomic E-state index is 0.0317. The summed E-state index contributed by atoms with van der Waals surface area (Å²) in [5.74, 6) is 1.71. The number of nitrogens with zero attached hydrogens (tertiary/aromatic N) is 4. The van der Waals surface area contributed by atoms with Gasteiger partial charge in [0, 0.05) is 47.5 Å². The maximum atomic E-state index is 13.5. The number of rotatable bonds is 6. The van der Waals surface area contributed by atoms with E-state index in [9.17, 15) is 9.59 Å². The SMILES string of the molecule is COC(=O)C1(C(=O)N2[C@@H]3CCC[C@H]2CC(Nc2nc(Nc4cc(C)[nH]n4)cc4ncccc24)C3)CC1. The average Bonchev–Trinajstić information content (AvgIpc) is 3.59. The van der Waals surface area contributed by atoms with E-state index in [-0.39, 0.29) is 30.0 Å². The van der Waals surface area contributed by atoms with Gasteiger partial charge in [0.25, 0.3) is 0 Å². The van der Waals surface area contributed by atoms with Crippen LogP contribution in [0.4, 0.5) is 17.5 Å². The van der Waals surface area contributed by atoms with Gasteiger partial charge < -0.3 is 20.3 Å². The van der Waals surface area contributed by atoms with Gasteiger partial charge in [-0.05, 0) is 64.0 Å². The van der Waals surface area contributed by atoms with Crippen molar-refractivity contribution in [1.29, 1.82) is 0 Å². The minimum atomic E-state index is -0.948. The van der Waals surface area contributed by atoms with Crippen LogP contribution in [-0.2, 0) is 14.3 Å². The highest BCUT2D eigenvalue weighted by Gasteiger charge is 2.61. The molecular weight excluding hydrogens is 458 g/mol. The number of hydrogen-bond donors (Lipinski definition) is 3. The molecule has 0 spiro atoms. The molecule has 3 N–H and O–H groups in total. The van der Waals surface area contributed by atoms with Crippen LogP contribution in [-0.4, -0.2) is 62.2 Å². The third-order valence-electron chi connectivity index (χ3n) is 7.85. The number of amides is 1. The molecule has 6 rings (SSSR count). The molecule has 5 heterocycles. The van der Waals surface area contributed by atoms with Crippen molar-refractivity contribution in [2.75, 3.05) is 17.7 Å². The lowest BCUT2D eigenvalue weighted by Gasteiger charge is -2.50. The molecule has 1 amide bonds. The Hall–Kier alpha value is -3.69. The highest BCUT2D eigenvalue weighted by atomic mass is 16.5. The second kappa shape index (κ2) is 8.76. The second-order valence-electron chi connectivity index (χ2n) is 10.3. The molecular formula is C26H31N7O3. The Labute approximate surface area is 209 Å². The Kier molecular flexibility index (Phi) is 5.54. The predicted octanol–water partition coefficient (Wildman–Crippen LogP) is 3.68. The van der Waals surface area contributed by atoms with E-state index in [2.05, 4.69) is 25.8 Å². The van der Waals surface area contributed by atoms with Gasteiger partial charge in [0.2, 0.25) is 5.91 Å². The van der Waals surface area contributed by atoms with Crippen LogP contribution < -0.4 is 10.6 Å². The second-order valence-corrected chi connectivity index (χ2v) is 10.3. The van der Waals surface area contributed by atoms with Crippen LogP contribution in [0.25, 0.3) is 10.9 Å². The zero-order chi connectivity index (χ0) is 24.9. The summed E-state index contributed by atoms with van der Waals surface area (Å²) in [6, 6.07) is 8.17. The molecule has 2 bridgehead atoms. The Balaban J connectivity index is 1.24.